The molecule has 3 saturated heterocycles. The van der Waals surface area contributed by atoms with Crippen molar-refractivity contribution in [3.05, 3.63) is 0 Å². The Labute approximate surface area is 127 Å². The van der Waals surface area contributed by atoms with Gasteiger partial charge in [-0.15, -0.1) is 0 Å². The van der Waals surface area contributed by atoms with Gasteiger partial charge in [-0.2, -0.15) is 11.8 Å². The summed E-state index contributed by atoms with van der Waals surface area (Å²) in [7, 11) is 0. The maximum Gasteiger partial charge on any atom is 0.0784 e. The molecule has 1 spiro atoms. The fourth-order valence-corrected chi connectivity index (χ4v) is 5.56. The van der Waals surface area contributed by atoms with Gasteiger partial charge < -0.3 is 15.2 Å². The maximum absolute atomic E-state index is 11.0. The second kappa shape index (κ2) is 6.15. The molecule has 2 N–H and O–H groups in total. The molecule has 0 bridgehead atoms. The summed E-state index contributed by atoms with van der Waals surface area (Å²) >= 11 is 2.01. The van der Waals surface area contributed by atoms with Gasteiger partial charge >= 0.3 is 0 Å². The van der Waals surface area contributed by atoms with Crippen molar-refractivity contribution < 1.29 is 9.84 Å². The van der Waals surface area contributed by atoms with Gasteiger partial charge in [0.05, 0.1) is 11.2 Å². The Morgan fingerprint density at radius 2 is 2.30 bits per heavy atom. The number of hydrogen-bond acceptors (Lipinski definition) is 4. The Morgan fingerprint density at radius 3 is 3.00 bits per heavy atom. The third-order valence-electron chi connectivity index (χ3n) is 5.51. The van der Waals surface area contributed by atoms with Crippen molar-refractivity contribution in [2.24, 2.45) is 5.92 Å². The number of nitrogens with one attached hydrogen (secondary N) is 1. The zero-order valence-corrected chi connectivity index (χ0v) is 13.5. The molecule has 116 valence electrons. The maximum atomic E-state index is 11.0. The standard InChI is InChI=1S/C16H29NO2S/c1-15(18,11-14-4-2-3-7-17-14)13-5-8-19-16(10-13)6-9-20-12-16/h13-14,17-18H,2-12H2,1H3. The molecule has 3 nitrogen and oxygen atoms in total. The van der Waals surface area contributed by atoms with Crippen LogP contribution < -0.4 is 5.32 Å². The highest BCUT2D eigenvalue weighted by atomic mass is 32.2. The van der Waals surface area contributed by atoms with Gasteiger partial charge in [-0.3, -0.25) is 0 Å². The molecule has 0 aromatic carbocycles. The van der Waals surface area contributed by atoms with E-state index in [9.17, 15) is 5.11 Å². The van der Waals surface area contributed by atoms with E-state index >= 15 is 0 Å². The van der Waals surface area contributed by atoms with Gasteiger partial charge in [-0.25, -0.2) is 0 Å². The molecule has 0 aromatic heterocycles. The van der Waals surface area contributed by atoms with Gasteiger partial charge in [0.15, 0.2) is 0 Å². The fraction of sp³-hybridized carbons (Fsp3) is 1.00. The molecule has 0 saturated carbocycles. The lowest BCUT2D eigenvalue weighted by atomic mass is 9.73. The molecule has 20 heavy (non-hydrogen) atoms. The third kappa shape index (κ3) is 3.34. The highest BCUT2D eigenvalue weighted by molar-refractivity contribution is 7.99. The van der Waals surface area contributed by atoms with Crippen LogP contribution in [-0.2, 0) is 4.74 Å². The van der Waals surface area contributed by atoms with Crippen LogP contribution in [0, 0.1) is 5.92 Å². The lowest BCUT2D eigenvalue weighted by molar-refractivity contribution is -0.131. The first kappa shape index (κ1) is 15.1. The van der Waals surface area contributed by atoms with Crippen LogP contribution in [0.15, 0.2) is 0 Å². The van der Waals surface area contributed by atoms with Crippen LogP contribution in [0.2, 0.25) is 0 Å². The monoisotopic (exact) mass is 299 g/mol. The Hall–Kier alpha value is 0.230. The number of ether oxygens (including phenoxy) is 1. The van der Waals surface area contributed by atoms with E-state index in [1.165, 1.54) is 31.4 Å². The second-order valence-electron chi connectivity index (χ2n) is 7.23. The largest absolute Gasteiger partial charge is 0.390 e. The molecule has 3 heterocycles. The number of piperidine rings is 1. The molecular weight excluding hydrogens is 270 g/mol. The van der Waals surface area contributed by atoms with Gasteiger partial charge in [0.1, 0.15) is 0 Å². The van der Waals surface area contributed by atoms with Crippen molar-refractivity contribution in [1.82, 2.24) is 5.32 Å². The minimum absolute atomic E-state index is 0.0809. The van der Waals surface area contributed by atoms with Crippen LogP contribution in [0.4, 0.5) is 0 Å². The average Bonchev–Trinajstić information content (AvgIpc) is 2.87. The summed E-state index contributed by atoms with van der Waals surface area (Å²) in [5, 5.41) is 14.6. The van der Waals surface area contributed by atoms with E-state index in [0.29, 0.717) is 12.0 Å². The normalized spacial score (nSPS) is 41.7. The molecule has 3 aliphatic heterocycles. The van der Waals surface area contributed by atoms with Crippen molar-refractivity contribution in [1.29, 1.82) is 0 Å². The van der Waals surface area contributed by atoms with Crippen LogP contribution in [-0.4, -0.2) is 47.0 Å². The van der Waals surface area contributed by atoms with Gasteiger partial charge in [0.2, 0.25) is 0 Å². The molecule has 4 unspecified atom stereocenters. The first-order chi connectivity index (χ1) is 9.60. The van der Waals surface area contributed by atoms with Crippen molar-refractivity contribution in [2.45, 2.75) is 69.1 Å². The Bertz CT molecular complexity index is 322. The minimum Gasteiger partial charge on any atom is -0.390 e. The van der Waals surface area contributed by atoms with Crippen LogP contribution in [0.3, 0.4) is 0 Å². The first-order valence-corrected chi connectivity index (χ1v) is 9.43. The van der Waals surface area contributed by atoms with Crippen LogP contribution in [0.5, 0.6) is 0 Å². The number of thioether (sulfide) groups is 1. The van der Waals surface area contributed by atoms with Crippen molar-refractivity contribution in [3.8, 4) is 0 Å². The van der Waals surface area contributed by atoms with Gasteiger partial charge in [-0.1, -0.05) is 6.42 Å². The van der Waals surface area contributed by atoms with Gasteiger partial charge in [-0.05, 0) is 63.7 Å². The number of hydrogen-bond donors (Lipinski definition) is 2. The zero-order chi connectivity index (χ0) is 14.1. The highest BCUT2D eigenvalue weighted by Gasteiger charge is 2.46. The Morgan fingerprint density at radius 1 is 1.40 bits per heavy atom. The van der Waals surface area contributed by atoms with E-state index in [4.69, 9.17) is 4.74 Å². The molecule has 4 atom stereocenters. The van der Waals surface area contributed by atoms with E-state index in [2.05, 4.69) is 12.2 Å². The average molecular weight is 299 g/mol. The summed E-state index contributed by atoms with van der Waals surface area (Å²) in [6.07, 6.45) is 7.97. The summed E-state index contributed by atoms with van der Waals surface area (Å²) in [6.45, 7) is 4.02. The number of rotatable bonds is 3. The molecule has 0 aliphatic carbocycles. The SMILES string of the molecule is CC(O)(CC1CCCCN1)C1CCOC2(CCSC2)C1. The second-order valence-corrected chi connectivity index (χ2v) is 8.34. The lowest BCUT2D eigenvalue weighted by Crippen LogP contribution is -2.50. The number of aliphatic hydroxyl groups is 1. The van der Waals surface area contributed by atoms with E-state index < -0.39 is 5.60 Å². The topological polar surface area (TPSA) is 41.5 Å². The van der Waals surface area contributed by atoms with E-state index in [0.717, 1.165) is 38.2 Å². The van der Waals surface area contributed by atoms with Crippen molar-refractivity contribution in [3.63, 3.8) is 0 Å². The van der Waals surface area contributed by atoms with Crippen LogP contribution in [0.1, 0.15) is 51.9 Å². The third-order valence-corrected chi connectivity index (χ3v) is 6.73. The molecule has 3 rings (SSSR count). The molecule has 0 aromatic rings. The summed E-state index contributed by atoms with van der Waals surface area (Å²) in [5.41, 5.74) is -0.462. The smallest absolute Gasteiger partial charge is 0.0784 e. The summed E-state index contributed by atoms with van der Waals surface area (Å²) in [5.74, 6) is 2.75. The zero-order valence-electron chi connectivity index (χ0n) is 12.7. The van der Waals surface area contributed by atoms with Crippen LogP contribution >= 0.6 is 11.8 Å². The molecule has 3 fully saturated rings. The van der Waals surface area contributed by atoms with E-state index in [1.807, 2.05) is 11.8 Å². The summed E-state index contributed by atoms with van der Waals surface area (Å²) < 4.78 is 6.09. The van der Waals surface area contributed by atoms with Crippen molar-refractivity contribution >= 4 is 11.8 Å². The summed E-state index contributed by atoms with van der Waals surface area (Å²) in [6, 6.07) is 0.510. The molecule has 3 aliphatic rings. The van der Waals surface area contributed by atoms with Crippen LogP contribution in [0.25, 0.3) is 0 Å². The molecule has 4 heteroatoms. The fourth-order valence-electron chi connectivity index (χ4n) is 4.19. The minimum atomic E-state index is -0.543. The molecule has 0 radical (unpaired) electrons. The van der Waals surface area contributed by atoms with E-state index in [-0.39, 0.29) is 5.60 Å². The van der Waals surface area contributed by atoms with Gasteiger partial charge in [0.25, 0.3) is 0 Å². The highest BCUT2D eigenvalue weighted by Crippen LogP contribution is 2.44. The first-order valence-electron chi connectivity index (χ1n) is 8.27. The predicted octanol–water partition coefficient (Wildman–Crippen LogP) is 2.57. The lowest BCUT2D eigenvalue weighted by Gasteiger charge is -2.45. The van der Waals surface area contributed by atoms with Gasteiger partial charge in [0, 0.05) is 18.4 Å². The quantitative estimate of drug-likeness (QED) is 0.840. The van der Waals surface area contributed by atoms with E-state index in [1.54, 1.807) is 0 Å². The summed E-state index contributed by atoms with van der Waals surface area (Å²) in [4.78, 5) is 0. The van der Waals surface area contributed by atoms with Crippen molar-refractivity contribution in [2.75, 3.05) is 24.7 Å². The molecule has 0 amide bonds. The predicted molar refractivity (Wildman–Crippen MR) is 84.2 cm³/mol. The Kier molecular flexibility index (Phi) is 4.66. The molecular formula is C16H29NO2S. The Balaban J connectivity index is 1.60.